The third kappa shape index (κ3) is 2.54. The lowest BCUT2D eigenvalue weighted by Gasteiger charge is -2.11. The van der Waals surface area contributed by atoms with Gasteiger partial charge in [0.1, 0.15) is 5.75 Å². The second-order valence-corrected chi connectivity index (χ2v) is 4.97. The number of imidazole rings is 1. The van der Waals surface area contributed by atoms with Crippen LogP contribution >= 0.6 is 0 Å². The number of hydrogen-bond donors (Lipinski definition) is 0. The number of hydrogen-bond acceptors (Lipinski definition) is 4. The molecule has 0 amide bonds. The van der Waals surface area contributed by atoms with Crippen LogP contribution in [-0.4, -0.2) is 27.6 Å². The molecule has 0 N–H and O–H groups in total. The number of aromatic nitrogens is 3. The van der Waals surface area contributed by atoms with Crippen molar-refractivity contribution in [3.63, 3.8) is 0 Å². The highest BCUT2D eigenvalue weighted by atomic mass is 16.5. The molecule has 3 aromatic rings. The normalized spacial score (nSPS) is 11.0. The van der Waals surface area contributed by atoms with Crippen LogP contribution in [0.3, 0.4) is 0 Å². The van der Waals surface area contributed by atoms with Gasteiger partial charge in [-0.2, -0.15) is 0 Å². The quantitative estimate of drug-likeness (QED) is 0.738. The molecule has 5 nitrogen and oxygen atoms in total. The molecule has 0 spiro atoms. The van der Waals surface area contributed by atoms with Gasteiger partial charge in [0.25, 0.3) is 5.88 Å². The summed E-state index contributed by atoms with van der Waals surface area (Å²) in [5, 5.41) is 0. The van der Waals surface area contributed by atoms with E-state index in [-0.39, 0.29) is 6.10 Å². The first kappa shape index (κ1) is 13.4. The minimum Gasteiger partial charge on any atom is -0.491 e. The summed E-state index contributed by atoms with van der Waals surface area (Å²) < 4.78 is 12.9. The van der Waals surface area contributed by atoms with Crippen molar-refractivity contribution in [2.45, 2.75) is 20.0 Å². The van der Waals surface area contributed by atoms with Crippen LogP contribution in [0.2, 0.25) is 0 Å². The number of rotatable bonds is 4. The van der Waals surface area contributed by atoms with Gasteiger partial charge < -0.3 is 9.47 Å². The fraction of sp³-hybridized carbons (Fsp3) is 0.250. The van der Waals surface area contributed by atoms with Crippen LogP contribution < -0.4 is 9.47 Å². The Labute approximate surface area is 123 Å². The molecule has 0 radical (unpaired) electrons. The Bertz CT molecular complexity index is 765. The summed E-state index contributed by atoms with van der Waals surface area (Å²) >= 11 is 0. The number of ether oxygens (including phenoxy) is 2. The zero-order chi connectivity index (χ0) is 14.8. The molecule has 0 bridgehead atoms. The summed E-state index contributed by atoms with van der Waals surface area (Å²) in [4.78, 5) is 8.55. The van der Waals surface area contributed by atoms with Crippen LogP contribution in [0.25, 0.3) is 16.9 Å². The van der Waals surface area contributed by atoms with Crippen molar-refractivity contribution < 1.29 is 9.47 Å². The summed E-state index contributed by atoms with van der Waals surface area (Å²) in [5.74, 6) is 1.36. The molecule has 0 aliphatic rings. The van der Waals surface area contributed by atoms with E-state index in [1.807, 2.05) is 54.9 Å². The Morgan fingerprint density at radius 1 is 1.19 bits per heavy atom. The van der Waals surface area contributed by atoms with Crippen LogP contribution in [0.1, 0.15) is 13.8 Å². The van der Waals surface area contributed by atoms with E-state index in [1.165, 1.54) is 0 Å². The third-order valence-electron chi connectivity index (χ3n) is 3.09. The smallest absolute Gasteiger partial charge is 0.258 e. The Balaban J connectivity index is 2.08. The highest BCUT2D eigenvalue weighted by Gasteiger charge is 2.11. The van der Waals surface area contributed by atoms with Crippen molar-refractivity contribution in [2.75, 3.05) is 7.11 Å². The summed E-state index contributed by atoms with van der Waals surface area (Å²) in [7, 11) is 1.59. The second-order valence-electron chi connectivity index (χ2n) is 4.97. The Morgan fingerprint density at radius 2 is 2.05 bits per heavy atom. The molecule has 0 atom stereocenters. The molecule has 0 aliphatic heterocycles. The molecule has 3 rings (SSSR count). The topological polar surface area (TPSA) is 48.7 Å². The van der Waals surface area contributed by atoms with Gasteiger partial charge in [0.05, 0.1) is 25.1 Å². The van der Waals surface area contributed by atoms with Crippen LogP contribution in [0.15, 0.2) is 42.9 Å². The SMILES string of the molecule is COc1nccn2c(-c3cccc(OC(C)C)c3)cnc12. The van der Waals surface area contributed by atoms with E-state index in [2.05, 4.69) is 9.97 Å². The second kappa shape index (κ2) is 5.44. The maximum Gasteiger partial charge on any atom is 0.258 e. The van der Waals surface area contributed by atoms with E-state index in [0.29, 0.717) is 11.5 Å². The molecule has 0 saturated carbocycles. The van der Waals surface area contributed by atoms with Gasteiger partial charge in [-0.15, -0.1) is 0 Å². The highest BCUT2D eigenvalue weighted by molar-refractivity contribution is 5.66. The van der Waals surface area contributed by atoms with Gasteiger partial charge in [-0.1, -0.05) is 12.1 Å². The fourth-order valence-corrected chi connectivity index (χ4v) is 2.25. The van der Waals surface area contributed by atoms with Gasteiger partial charge in [-0.25, -0.2) is 9.97 Å². The van der Waals surface area contributed by atoms with E-state index >= 15 is 0 Å². The van der Waals surface area contributed by atoms with Gasteiger partial charge in [0, 0.05) is 18.0 Å². The molecule has 108 valence electrons. The van der Waals surface area contributed by atoms with Crippen molar-refractivity contribution in [1.29, 1.82) is 0 Å². The maximum absolute atomic E-state index is 5.74. The highest BCUT2D eigenvalue weighted by Crippen LogP contribution is 2.27. The third-order valence-corrected chi connectivity index (χ3v) is 3.09. The van der Waals surface area contributed by atoms with E-state index in [1.54, 1.807) is 13.3 Å². The van der Waals surface area contributed by atoms with E-state index < -0.39 is 0 Å². The molecule has 0 fully saturated rings. The molecule has 2 aromatic heterocycles. The standard InChI is InChI=1S/C16H17N3O2/c1-11(2)21-13-6-4-5-12(9-13)14-10-18-15-16(20-3)17-7-8-19(14)15/h4-11H,1-3H3. The monoisotopic (exact) mass is 283 g/mol. The predicted molar refractivity (Wildman–Crippen MR) is 80.7 cm³/mol. The number of fused-ring (bicyclic) bond motifs is 1. The van der Waals surface area contributed by atoms with Crippen molar-refractivity contribution in [3.05, 3.63) is 42.9 Å². The minimum absolute atomic E-state index is 0.145. The van der Waals surface area contributed by atoms with Crippen LogP contribution in [0, 0.1) is 0 Å². The predicted octanol–water partition coefficient (Wildman–Crippen LogP) is 3.19. The molecule has 2 heterocycles. The van der Waals surface area contributed by atoms with Crippen molar-refractivity contribution >= 4 is 5.65 Å². The van der Waals surface area contributed by atoms with Crippen LogP contribution in [-0.2, 0) is 0 Å². The largest absolute Gasteiger partial charge is 0.491 e. The zero-order valence-electron chi connectivity index (χ0n) is 12.3. The van der Waals surface area contributed by atoms with E-state index in [4.69, 9.17) is 9.47 Å². The fourth-order valence-electron chi connectivity index (χ4n) is 2.25. The first-order valence-corrected chi connectivity index (χ1v) is 6.82. The van der Waals surface area contributed by atoms with E-state index in [9.17, 15) is 0 Å². The summed E-state index contributed by atoms with van der Waals surface area (Å²) in [6.45, 7) is 4.02. The zero-order valence-corrected chi connectivity index (χ0v) is 12.3. The van der Waals surface area contributed by atoms with Crippen LogP contribution in [0.5, 0.6) is 11.6 Å². The lowest BCUT2D eigenvalue weighted by molar-refractivity contribution is 0.242. The van der Waals surface area contributed by atoms with Gasteiger partial charge >= 0.3 is 0 Å². The summed E-state index contributed by atoms with van der Waals surface area (Å²) in [5.41, 5.74) is 2.71. The molecular weight excluding hydrogens is 266 g/mol. The Kier molecular flexibility index (Phi) is 3.48. The number of nitrogens with zero attached hydrogens (tertiary/aromatic N) is 3. The molecule has 1 aromatic carbocycles. The summed E-state index contributed by atoms with van der Waals surface area (Å²) in [6.07, 6.45) is 5.53. The van der Waals surface area contributed by atoms with Gasteiger partial charge in [-0.3, -0.25) is 4.40 Å². The maximum atomic E-state index is 5.74. The van der Waals surface area contributed by atoms with Gasteiger partial charge in [-0.05, 0) is 26.0 Å². The van der Waals surface area contributed by atoms with Crippen molar-refractivity contribution in [2.24, 2.45) is 0 Å². The average Bonchev–Trinajstić information content (AvgIpc) is 2.90. The summed E-state index contributed by atoms with van der Waals surface area (Å²) in [6, 6.07) is 7.97. The minimum atomic E-state index is 0.145. The van der Waals surface area contributed by atoms with E-state index in [0.717, 1.165) is 17.0 Å². The first-order chi connectivity index (χ1) is 10.2. The lowest BCUT2D eigenvalue weighted by atomic mass is 10.1. The lowest BCUT2D eigenvalue weighted by Crippen LogP contribution is -2.05. The Hall–Kier alpha value is -2.56. The van der Waals surface area contributed by atoms with Gasteiger partial charge in [0.15, 0.2) is 0 Å². The number of methoxy groups -OCH3 is 1. The number of benzene rings is 1. The molecule has 5 heteroatoms. The van der Waals surface area contributed by atoms with Crippen molar-refractivity contribution in [3.8, 4) is 22.9 Å². The van der Waals surface area contributed by atoms with Crippen molar-refractivity contribution in [1.82, 2.24) is 14.4 Å². The molecular formula is C16H17N3O2. The molecule has 0 aliphatic carbocycles. The molecule has 0 saturated heterocycles. The Morgan fingerprint density at radius 3 is 2.81 bits per heavy atom. The van der Waals surface area contributed by atoms with Gasteiger partial charge in [0.2, 0.25) is 5.65 Å². The first-order valence-electron chi connectivity index (χ1n) is 6.82. The van der Waals surface area contributed by atoms with Crippen LogP contribution in [0.4, 0.5) is 0 Å². The molecule has 0 unspecified atom stereocenters. The molecule has 21 heavy (non-hydrogen) atoms. The average molecular weight is 283 g/mol.